The van der Waals surface area contributed by atoms with E-state index in [2.05, 4.69) is 12.0 Å². The fourth-order valence-corrected chi connectivity index (χ4v) is 2.40. The minimum Gasteiger partial charge on any atom is -0.398 e. The maximum absolute atomic E-state index is 10.8. The van der Waals surface area contributed by atoms with Crippen molar-refractivity contribution in [3.05, 3.63) is 50.8 Å². The number of aryl methyl sites for hydroxylation is 1. The number of aromatic nitrogens is 2. The van der Waals surface area contributed by atoms with Crippen molar-refractivity contribution in [3.8, 4) is 0 Å². The molecule has 106 valence electrons. The standard InChI is InChI=1S/C14H18N4O2/c1-4-13-9(2)16-17(10(13)3)8-11-7-12(18(19)20)5-6-14(11)15/h5-7H,4,8,15H2,1-3H3. The molecule has 0 aliphatic rings. The Morgan fingerprint density at radius 2 is 2.10 bits per heavy atom. The fraction of sp³-hybridized carbons (Fsp3) is 0.357. The summed E-state index contributed by atoms with van der Waals surface area (Å²) >= 11 is 0. The van der Waals surface area contributed by atoms with Gasteiger partial charge in [-0.15, -0.1) is 0 Å². The Labute approximate surface area is 117 Å². The molecule has 0 fully saturated rings. The first-order chi connectivity index (χ1) is 9.43. The lowest BCUT2D eigenvalue weighted by molar-refractivity contribution is -0.384. The van der Waals surface area contributed by atoms with Crippen LogP contribution in [0.15, 0.2) is 18.2 Å². The molecule has 6 heteroatoms. The summed E-state index contributed by atoms with van der Waals surface area (Å²) < 4.78 is 1.85. The highest BCUT2D eigenvalue weighted by Gasteiger charge is 2.13. The molecule has 1 aromatic heterocycles. The number of nitro groups is 1. The monoisotopic (exact) mass is 274 g/mol. The molecule has 0 aliphatic heterocycles. The van der Waals surface area contributed by atoms with Crippen LogP contribution in [0.2, 0.25) is 0 Å². The molecule has 0 saturated carbocycles. The minimum atomic E-state index is -0.415. The highest BCUT2D eigenvalue weighted by molar-refractivity contribution is 5.52. The second kappa shape index (κ2) is 5.32. The van der Waals surface area contributed by atoms with Crippen molar-refractivity contribution in [3.63, 3.8) is 0 Å². The van der Waals surface area contributed by atoms with E-state index in [-0.39, 0.29) is 5.69 Å². The summed E-state index contributed by atoms with van der Waals surface area (Å²) in [6.45, 7) is 6.51. The summed E-state index contributed by atoms with van der Waals surface area (Å²) in [5.74, 6) is 0. The maximum Gasteiger partial charge on any atom is 0.269 e. The highest BCUT2D eigenvalue weighted by atomic mass is 16.6. The summed E-state index contributed by atoms with van der Waals surface area (Å²) in [5, 5.41) is 15.3. The van der Waals surface area contributed by atoms with E-state index >= 15 is 0 Å². The van der Waals surface area contributed by atoms with Crippen LogP contribution in [0.4, 0.5) is 11.4 Å². The van der Waals surface area contributed by atoms with E-state index in [1.165, 1.54) is 17.7 Å². The number of benzene rings is 1. The number of non-ortho nitro benzene ring substituents is 1. The van der Waals surface area contributed by atoms with Gasteiger partial charge in [-0.05, 0) is 31.9 Å². The number of rotatable bonds is 4. The Bertz CT molecular complexity index is 661. The van der Waals surface area contributed by atoms with Crippen LogP contribution in [-0.4, -0.2) is 14.7 Å². The van der Waals surface area contributed by atoms with Crippen LogP contribution in [-0.2, 0) is 13.0 Å². The Balaban J connectivity index is 2.39. The lowest BCUT2D eigenvalue weighted by atomic mass is 10.1. The lowest BCUT2D eigenvalue weighted by Gasteiger charge is -2.08. The van der Waals surface area contributed by atoms with Crippen LogP contribution in [0.5, 0.6) is 0 Å². The van der Waals surface area contributed by atoms with Gasteiger partial charge in [-0.25, -0.2) is 0 Å². The van der Waals surface area contributed by atoms with Crippen LogP contribution >= 0.6 is 0 Å². The minimum absolute atomic E-state index is 0.0476. The van der Waals surface area contributed by atoms with Gasteiger partial charge in [0.15, 0.2) is 0 Å². The topological polar surface area (TPSA) is 87.0 Å². The van der Waals surface area contributed by atoms with Crippen LogP contribution in [0.3, 0.4) is 0 Å². The van der Waals surface area contributed by atoms with Gasteiger partial charge in [-0.2, -0.15) is 5.10 Å². The molecule has 6 nitrogen and oxygen atoms in total. The molecule has 0 spiro atoms. The van der Waals surface area contributed by atoms with E-state index in [1.54, 1.807) is 6.07 Å². The first kappa shape index (κ1) is 14.0. The van der Waals surface area contributed by atoms with Crippen molar-refractivity contribution >= 4 is 11.4 Å². The Kier molecular flexibility index (Phi) is 3.74. The highest BCUT2D eigenvalue weighted by Crippen LogP contribution is 2.22. The van der Waals surface area contributed by atoms with Gasteiger partial charge < -0.3 is 5.73 Å². The molecular weight excluding hydrogens is 256 g/mol. The van der Waals surface area contributed by atoms with Crippen molar-refractivity contribution in [2.24, 2.45) is 0 Å². The van der Waals surface area contributed by atoms with Crippen molar-refractivity contribution < 1.29 is 4.92 Å². The summed E-state index contributed by atoms with van der Waals surface area (Å²) in [5.41, 5.74) is 10.5. The molecule has 0 amide bonds. The molecule has 1 aromatic carbocycles. The molecule has 0 radical (unpaired) electrons. The van der Waals surface area contributed by atoms with Crippen molar-refractivity contribution in [1.82, 2.24) is 9.78 Å². The molecule has 1 heterocycles. The van der Waals surface area contributed by atoms with E-state index < -0.39 is 4.92 Å². The number of nitrogens with two attached hydrogens (primary N) is 1. The van der Waals surface area contributed by atoms with E-state index in [1.807, 2.05) is 18.5 Å². The zero-order valence-electron chi connectivity index (χ0n) is 11.9. The molecule has 0 aliphatic carbocycles. The third kappa shape index (κ3) is 2.49. The summed E-state index contributed by atoms with van der Waals surface area (Å²) in [6.07, 6.45) is 0.919. The number of hydrogen-bond acceptors (Lipinski definition) is 4. The van der Waals surface area contributed by atoms with Crippen molar-refractivity contribution in [2.75, 3.05) is 5.73 Å². The van der Waals surface area contributed by atoms with E-state index in [0.717, 1.165) is 17.8 Å². The molecule has 0 unspecified atom stereocenters. The second-order valence-corrected chi connectivity index (χ2v) is 4.80. The largest absolute Gasteiger partial charge is 0.398 e. The van der Waals surface area contributed by atoms with E-state index in [4.69, 9.17) is 5.73 Å². The smallest absolute Gasteiger partial charge is 0.269 e. The predicted molar refractivity (Wildman–Crippen MR) is 77.7 cm³/mol. The van der Waals surface area contributed by atoms with Crippen molar-refractivity contribution in [1.29, 1.82) is 0 Å². The summed E-state index contributed by atoms with van der Waals surface area (Å²) in [7, 11) is 0. The molecule has 0 saturated heterocycles. The quantitative estimate of drug-likeness (QED) is 0.527. The average Bonchev–Trinajstić information content (AvgIpc) is 2.66. The first-order valence-corrected chi connectivity index (χ1v) is 6.49. The third-order valence-corrected chi connectivity index (χ3v) is 3.54. The maximum atomic E-state index is 10.8. The van der Waals surface area contributed by atoms with Gasteiger partial charge in [0.05, 0.1) is 17.2 Å². The predicted octanol–water partition coefficient (Wildman–Crippen LogP) is 2.60. The number of hydrogen-bond donors (Lipinski definition) is 1. The summed E-state index contributed by atoms with van der Waals surface area (Å²) in [4.78, 5) is 10.4. The van der Waals surface area contributed by atoms with E-state index in [9.17, 15) is 10.1 Å². The van der Waals surface area contributed by atoms with Crippen molar-refractivity contribution in [2.45, 2.75) is 33.7 Å². The van der Waals surface area contributed by atoms with Gasteiger partial charge in [0.1, 0.15) is 0 Å². The van der Waals surface area contributed by atoms with Gasteiger partial charge >= 0.3 is 0 Å². The van der Waals surface area contributed by atoms with Gasteiger partial charge in [-0.3, -0.25) is 14.8 Å². The fourth-order valence-electron chi connectivity index (χ4n) is 2.40. The molecule has 2 aromatic rings. The number of nitrogen functional groups attached to an aromatic ring is 1. The molecule has 2 N–H and O–H groups in total. The zero-order chi connectivity index (χ0) is 14.9. The Morgan fingerprint density at radius 1 is 1.40 bits per heavy atom. The third-order valence-electron chi connectivity index (χ3n) is 3.54. The van der Waals surface area contributed by atoms with Crippen LogP contribution < -0.4 is 5.73 Å². The number of nitrogens with zero attached hydrogens (tertiary/aromatic N) is 3. The van der Waals surface area contributed by atoms with Gasteiger partial charge in [0, 0.05) is 29.1 Å². The average molecular weight is 274 g/mol. The first-order valence-electron chi connectivity index (χ1n) is 6.49. The second-order valence-electron chi connectivity index (χ2n) is 4.80. The zero-order valence-corrected chi connectivity index (χ0v) is 11.9. The lowest BCUT2D eigenvalue weighted by Crippen LogP contribution is -2.07. The molecule has 2 rings (SSSR count). The molecule has 0 bridgehead atoms. The summed E-state index contributed by atoms with van der Waals surface area (Å²) in [6, 6.07) is 4.49. The van der Waals surface area contributed by atoms with Gasteiger partial charge in [0.2, 0.25) is 0 Å². The molecular formula is C14H18N4O2. The SMILES string of the molecule is CCc1c(C)nn(Cc2cc([N+](=O)[O-])ccc2N)c1C. The normalized spacial score (nSPS) is 10.8. The molecule has 0 atom stereocenters. The Morgan fingerprint density at radius 3 is 2.65 bits per heavy atom. The van der Waals surface area contributed by atoms with Gasteiger partial charge in [0.25, 0.3) is 5.69 Å². The van der Waals surface area contributed by atoms with E-state index in [0.29, 0.717) is 17.8 Å². The molecule has 20 heavy (non-hydrogen) atoms. The Hall–Kier alpha value is -2.37. The van der Waals surface area contributed by atoms with Crippen LogP contribution in [0, 0.1) is 24.0 Å². The van der Waals surface area contributed by atoms with Crippen LogP contribution in [0.25, 0.3) is 0 Å². The number of nitro benzene ring substituents is 1. The van der Waals surface area contributed by atoms with Crippen LogP contribution in [0.1, 0.15) is 29.4 Å². The number of anilines is 1. The van der Waals surface area contributed by atoms with Gasteiger partial charge in [-0.1, -0.05) is 6.92 Å².